The third-order valence-electron chi connectivity index (χ3n) is 3.79. The van der Waals surface area contributed by atoms with E-state index in [4.69, 9.17) is 4.74 Å². The summed E-state index contributed by atoms with van der Waals surface area (Å²) >= 11 is 0. The summed E-state index contributed by atoms with van der Waals surface area (Å²) < 4.78 is 4.86. The zero-order valence-corrected chi connectivity index (χ0v) is 11.5. The lowest BCUT2D eigenvalue weighted by atomic mass is 9.95. The molecule has 0 bridgehead atoms. The first-order valence-electron chi connectivity index (χ1n) is 6.96. The average molecular weight is 241 g/mol. The molecular formula is C14H27NO2. The number of carbonyl (C=O) groups excluding carboxylic acids is 1. The van der Waals surface area contributed by atoms with Gasteiger partial charge in [0.05, 0.1) is 13.0 Å². The number of ether oxygens (including phenoxy) is 1. The highest BCUT2D eigenvalue weighted by atomic mass is 16.5. The normalized spacial score (nSPS) is 20.0. The number of carbonyl (C=O) groups is 1. The molecule has 1 rings (SSSR count). The minimum atomic E-state index is -0.0823. The van der Waals surface area contributed by atoms with Gasteiger partial charge in [-0.1, -0.05) is 39.5 Å². The summed E-state index contributed by atoms with van der Waals surface area (Å²) in [4.78, 5) is 11.6. The Kier molecular flexibility index (Phi) is 6.56. The second kappa shape index (κ2) is 7.70. The quantitative estimate of drug-likeness (QED) is 0.594. The maximum Gasteiger partial charge on any atom is 0.310 e. The zero-order valence-electron chi connectivity index (χ0n) is 11.5. The van der Waals surface area contributed by atoms with Gasteiger partial charge in [-0.05, 0) is 18.8 Å². The van der Waals surface area contributed by atoms with Crippen molar-refractivity contribution in [3.05, 3.63) is 0 Å². The van der Waals surface area contributed by atoms with Crippen molar-refractivity contribution in [1.29, 1.82) is 0 Å². The molecule has 0 aliphatic heterocycles. The van der Waals surface area contributed by atoms with Gasteiger partial charge in [-0.25, -0.2) is 0 Å². The molecule has 0 spiro atoms. The Bertz CT molecular complexity index is 220. The highest BCUT2D eigenvalue weighted by molar-refractivity contribution is 5.72. The predicted molar refractivity (Wildman–Crippen MR) is 69.8 cm³/mol. The van der Waals surface area contributed by atoms with Crippen molar-refractivity contribution in [2.75, 3.05) is 13.7 Å². The summed E-state index contributed by atoms with van der Waals surface area (Å²) in [6, 6.07) is 0.600. The van der Waals surface area contributed by atoms with Crippen LogP contribution in [-0.4, -0.2) is 25.7 Å². The van der Waals surface area contributed by atoms with Crippen LogP contribution in [-0.2, 0) is 9.53 Å². The van der Waals surface area contributed by atoms with Crippen LogP contribution in [0.1, 0.15) is 52.4 Å². The molecule has 0 aromatic rings. The van der Waals surface area contributed by atoms with Gasteiger partial charge < -0.3 is 10.1 Å². The van der Waals surface area contributed by atoms with Gasteiger partial charge in [-0.2, -0.15) is 0 Å². The first kappa shape index (κ1) is 14.5. The van der Waals surface area contributed by atoms with Gasteiger partial charge in [-0.3, -0.25) is 4.79 Å². The first-order chi connectivity index (χ1) is 8.15. The minimum absolute atomic E-state index is 0.0109. The lowest BCUT2D eigenvalue weighted by Gasteiger charge is -2.23. The molecule has 1 saturated carbocycles. The van der Waals surface area contributed by atoms with Crippen LogP contribution in [0.3, 0.4) is 0 Å². The van der Waals surface area contributed by atoms with E-state index in [9.17, 15) is 4.79 Å². The maximum absolute atomic E-state index is 11.6. The van der Waals surface area contributed by atoms with E-state index in [-0.39, 0.29) is 11.9 Å². The first-order valence-corrected chi connectivity index (χ1v) is 6.96. The Hall–Kier alpha value is -0.570. The SMILES string of the molecule is COC(=O)C(CNC1CCCCCC1)C(C)C. The second-order valence-corrected chi connectivity index (χ2v) is 5.47. The lowest BCUT2D eigenvalue weighted by Crippen LogP contribution is -2.38. The van der Waals surface area contributed by atoms with Crippen LogP contribution in [0.2, 0.25) is 0 Å². The number of nitrogens with one attached hydrogen (secondary N) is 1. The fraction of sp³-hybridized carbons (Fsp3) is 0.929. The summed E-state index contributed by atoms with van der Waals surface area (Å²) in [5.41, 5.74) is 0. The monoisotopic (exact) mass is 241 g/mol. The van der Waals surface area contributed by atoms with Crippen LogP contribution in [0.15, 0.2) is 0 Å². The topological polar surface area (TPSA) is 38.3 Å². The van der Waals surface area contributed by atoms with E-state index in [1.54, 1.807) is 0 Å². The van der Waals surface area contributed by atoms with Crippen molar-refractivity contribution in [1.82, 2.24) is 5.32 Å². The summed E-state index contributed by atoms with van der Waals surface area (Å²) in [6.45, 7) is 4.92. The van der Waals surface area contributed by atoms with Crippen LogP contribution in [0.25, 0.3) is 0 Å². The van der Waals surface area contributed by atoms with Crippen LogP contribution < -0.4 is 5.32 Å². The van der Waals surface area contributed by atoms with Crippen LogP contribution in [0, 0.1) is 11.8 Å². The Morgan fingerprint density at radius 3 is 2.29 bits per heavy atom. The summed E-state index contributed by atoms with van der Waals surface area (Å²) in [5.74, 6) is 0.241. The van der Waals surface area contributed by atoms with Crippen molar-refractivity contribution < 1.29 is 9.53 Å². The van der Waals surface area contributed by atoms with Gasteiger partial charge in [0, 0.05) is 12.6 Å². The summed E-state index contributed by atoms with van der Waals surface area (Å²) in [5, 5.41) is 3.56. The molecule has 17 heavy (non-hydrogen) atoms. The van der Waals surface area contributed by atoms with Crippen molar-refractivity contribution in [2.24, 2.45) is 11.8 Å². The highest BCUT2D eigenvalue weighted by Gasteiger charge is 2.24. The minimum Gasteiger partial charge on any atom is -0.469 e. The fourth-order valence-electron chi connectivity index (χ4n) is 2.52. The maximum atomic E-state index is 11.6. The molecular weight excluding hydrogens is 214 g/mol. The molecule has 1 fully saturated rings. The molecule has 100 valence electrons. The highest BCUT2D eigenvalue weighted by Crippen LogP contribution is 2.18. The molecule has 1 aliphatic carbocycles. The summed E-state index contributed by atoms with van der Waals surface area (Å²) in [6.07, 6.45) is 7.88. The van der Waals surface area contributed by atoms with E-state index < -0.39 is 0 Å². The van der Waals surface area contributed by atoms with Crippen molar-refractivity contribution in [3.8, 4) is 0 Å². The zero-order chi connectivity index (χ0) is 12.7. The van der Waals surface area contributed by atoms with Gasteiger partial charge in [0.15, 0.2) is 0 Å². The Balaban J connectivity index is 2.37. The molecule has 0 heterocycles. The smallest absolute Gasteiger partial charge is 0.310 e. The van der Waals surface area contributed by atoms with E-state index in [1.807, 2.05) is 0 Å². The molecule has 1 N–H and O–H groups in total. The van der Waals surface area contributed by atoms with Gasteiger partial charge in [0.2, 0.25) is 0 Å². The molecule has 0 amide bonds. The van der Waals surface area contributed by atoms with Gasteiger partial charge >= 0.3 is 5.97 Å². The third-order valence-corrected chi connectivity index (χ3v) is 3.79. The molecule has 0 aromatic carbocycles. The Labute approximate surface area is 105 Å². The van der Waals surface area contributed by atoms with Crippen molar-refractivity contribution >= 4 is 5.97 Å². The van der Waals surface area contributed by atoms with Crippen LogP contribution in [0.5, 0.6) is 0 Å². The number of rotatable bonds is 5. The van der Waals surface area contributed by atoms with Crippen LogP contribution in [0.4, 0.5) is 0 Å². The second-order valence-electron chi connectivity index (χ2n) is 5.47. The number of hydrogen-bond acceptors (Lipinski definition) is 3. The van der Waals surface area contributed by atoms with Crippen LogP contribution >= 0.6 is 0 Å². The number of methoxy groups -OCH3 is 1. The molecule has 0 aromatic heterocycles. The van der Waals surface area contributed by atoms with Crippen molar-refractivity contribution in [2.45, 2.75) is 58.4 Å². The molecule has 0 saturated heterocycles. The number of esters is 1. The van der Waals surface area contributed by atoms with E-state index in [0.29, 0.717) is 12.0 Å². The average Bonchev–Trinajstić information content (AvgIpc) is 2.57. The van der Waals surface area contributed by atoms with E-state index in [2.05, 4.69) is 19.2 Å². The fourth-order valence-corrected chi connectivity index (χ4v) is 2.52. The van der Waals surface area contributed by atoms with E-state index >= 15 is 0 Å². The largest absolute Gasteiger partial charge is 0.469 e. The molecule has 1 atom stereocenters. The lowest BCUT2D eigenvalue weighted by molar-refractivity contribution is -0.146. The predicted octanol–water partition coefficient (Wildman–Crippen LogP) is 2.74. The Morgan fingerprint density at radius 2 is 1.82 bits per heavy atom. The van der Waals surface area contributed by atoms with Crippen molar-refractivity contribution in [3.63, 3.8) is 0 Å². The summed E-state index contributed by atoms with van der Waals surface area (Å²) in [7, 11) is 1.48. The van der Waals surface area contributed by atoms with Gasteiger partial charge in [0.1, 0.15) is 0 Å². The van der Waals surface area contributed by atoms with E-state index in [1.165, 1.54) is 45.6 Å². The molecule has 1 unspecified atom stereocenters. The molecule has 0 radical (unpaired) electrons. The van der Waals surface area contributed by atoms with Gasteiger partial charge in [0.25, 0.3) is 0 Å². The Morgan fingerprint density at radius 1 is 1.24 bits per heavy atom. The number of hydrogen-bond donors (Lipinski definition) is 1. The standard InChI is InChI=1S/C14H27NO2/c1-11(2)13(14(16)17-3)10-15-12-8-6-4-5-7-9-12/h11-13,15H,4-10H2,1-3H3. The van der Waals surface area contributed by atoms with E-state index in [0.717, 1.165) is 6.54 Å². The molecule has 3 nitrogen and oxygen atoms in total. The molecule has 3 heteroatoms. The third kappa shape index (κ3) is 5.07. The van der Waals surface area contributed by atoms with Gasteiger partial charge in [-0.15, -0.1) is 0 Å². The molecule has 1 aliphatic rings.